The van der Waals surface area contributed by atoms with Crippen LogP contribution in [0.25, 0.3) is 0 Å². The van der Waals surface area contributed by atoms with E-state index in [2.05, 4.69) is 40.7 Å². The lowest BCUT2D eigenvalue weighted by atomic mass is 9.37. The monoisotopic (exact) mass is 502 g/mol. The van der Waals surface area contributed by atoms with E-state index in [1.807, 2.05) is 27.7 Å². The van der Waals surface area contributed by atoms with Crippen LogP contribution in [-0.2, 0) is 9.53 Å². The van der Waals surface area contributed by atoms with Crippen molar-refractivity contribution in [2.45, 2.75) is 133 Å². The first kappa shape index (κ1) is 29.7. The molecule has 0 aromatic heterocycles. The van der Waals surface area contributed by atoms with Gasteiger partial charge < -0.3 is 9.84 Å². The molecular weight excluding hydrogens is 444 g/mol. The van der Waals surface area contributed by atoms with Crippen LogP contribution in [0, 0.1) is 51.2 Å². The van der Waals surface area contributed by atoms with Gasteiger partial charge in [0.25, 0.3) is 0 Å². The lowest BCUT2D eigenvalue weighted by Gasteiger charge is -2.68. The molecule has 9 atom stereocenters. The minimum atomic E-state index is -0.282. The molecule has 0 spiro atoms. The van der Waals surface area contributed by atoms with Crippen molar-refractivity contribution < 1.29 is 14.6 Å². The van der Waals surface area contributed by atoms with E-state index < -0.39 is 0 Å². The van der Waals surface area contributed by atoms with Gasteiger partial charge in [-0.2, -0.15) is 0 Å². The van der Waals surface area contributed by atoms with E-state index in [1.54, 1.807) is 12.7 Å². The molecule has 3 heteroatoms. The highest BCUT2D eigenvalue weighted by Crippen LogP contribution is 2.71. The van der Waals surface area contributed by atoms with Crippen molar-refractivity contribution in [1.82, 2.24) is 0 Å². The summed E-state index contributed by atoms with van der Waals surface area (Å²) in [5.74, 6) is 2.87. The van der Waals surface area contributed by atoms with E-state index in [4.69, 9.17) is 4.74 Å². The number of esters is 1. The fraction of sp³-hybridized carbons (Fsp3) is 0.909. The van der Waals surface area contributed by atoms with Gasteiger partial charge in [0.2, 0.25) is 0 Å². The van der Waals surface area contributed by atoms with Crippen molar-refractivity contribution in [3.63, 3.8) is 0 Å². The van der Waals surface area contributed by atoms with Crippen LogP contribution in [0.2, 0.25) is 0 Å². The number of hydrogen-bond donors (Lipinski definition) is 1. The molecule has 0 saturated heterocycles. The Labute approximate surface area is 223 Å². The second kappa shape index (κ2) is 10.7. The molecule has 0 aromatic carbocycles. The summed E-state index contributed by atoms with van der Waals surface area (Å²) in [7, 11) is 1.59. The molecule has 0 aliphatic heterocycles. The summed E-state index contributed by atoms with van der Waals surface area (Å²) in [6.07, 6.45) is 13.7. The summed E-state index contributed by atoms with van der Waals surface area (Å²) in [6.45, 7) is 20.2. The number of carbonyl (C=O) groups is 1. The number of allylic oxidation sites excluding steroid dienone is 2. The predicted octanol–water partition coefficient (Wildman–Crippen LogP) is 8.59. The maximum Gasteiger partial charge on any atom is 0.312 e. The van der Waals surface area contributed by atoms with Crippen molar-refractivity contribution in [1.29, 1.82) is 0 Å². The summed E-state index contributed by atoms with van der Waals surface area (Å²) in [5.41, 5.74) is 1.96. The van der Waals surface area contributed by atoms with Crippen LogP contribution in [0.3, 0.4) is 0 Å². The normalized spacial score (nSPS) is 46.5. The molecule has 208 valence electrons. The standard InChI is InChI=1S/C29H46O3.2C2H6/c1-18-8-7-14-29(25(31)32-6)17-11-20-19(24(18)29)9-10-22-27(20,4)15-12-21-26(2,3)23(30)13-16-28(21,22)5;2*1-2/h9,18,20-24,30H,7-8,10-17H2,1-6H3;2*1-2H3. The SMILES string of the molecule is CC.CC.COC(=O)C12CCCC(C)C1C1=CCC3C(C)(CCC4C(C)(C)C(O)CCC43C)C1CC2. The Balaban J connectivity index is 0.000000861. The van der Waals surface area contributed by atoms with Crippen LogP contribution in [0.15, 0.2) is 11.6 Å². The Morgan fingerprint density at radius 3 is 2.17 bits per heavy atom. The van der Waals surface area contributed by atoms with Gasteiger partial charge in [-0.15, -0.1) is 0 Å². The first-order valence-electron chi connectivity index (χ1n) is 15.5. The third-order valence-electron chi connectivity index (χ3n) is 12.1. The van der Waals surface area contributed by atoms with E-state index in [1.165, 1.54) is 19.3 Å². The number of carbonyl (C=O) groups excluding carboxylic acids is 1. The molecule has 0 bridgehead atoms. The maximum atomic E-state index is 13.2. The highest BCUT2D eigenvalue weighted by molar-refractivity contribution is 5.78. The molecule has 0 radical (unpaired) electrons. The third-order valence-corrected chi connectivity index (χ3v) is 12.1. The van der Waals surface area contributed by atoms with Gasteiger partial charge in [-0.3, -0.25) is 4.79 Å². The zero-order valence-electron chi connectivity index (χ0n) is 25.4. The summed E-state index contributed by atoms with van der Waals surface area (Å²) in [5, 5.41) is 10.8. The highest BCUT2D eigenvalue weighted by Gasteiger charge is 2.65. The average molecular weight is 503 g/mol. The molecule has 0 heterocycles. The largest absolute Gasteiger partial charge is 0.469 e. The number of hydrogen-bond acceptors (Lipinski definition) is 3. The molecule has 4 fully saturated rings. The zero-order valence-corrected chi connectivity index (χ0v) is 25.4. The average Bonchev–Trinajstić information content (AvgIpc) is 2.88. The summed E-state index contributed by atoms with van der Waals surface area (Å²) >= 11 is 0. The van der Waals surface area contributed by atoms with E-state index >= 15 is 0 Å². The number of aliphatic hydroxyl groups is 1. The first-order chi connectivity index (χ1) is 17.0. The zero-order chi connectivity index (χ0) is 27.1. The number of fused-ring (bicyclic) bond motifs is 7. The number of rotatable bonds is 1. The predicted molar refractivity (Wildman–Crippen MR) is 151 cm³/mol. The smallest absolute Gasteiger partial charge is 0.312 e. The van der Waals surface area contributed by atoms with Crippen molar-refractivity contribution in [2.75, 3.05) is 7.11 Å². The lowest BCUT2D eigenvalue weighted by Crippen LogP contribution is -2.62. The van der Waals surface area contributed by atoms with Crippen molar-refractivity contribution in [3.8, 4) is 0 Å². The Hall–Kier alpha value is -0.830. The molecule has 5 aliphatic rings. The minimum Gasteiger partial charge on any atom is -0.469 e. The lowest BCUT2D eigenvalue weighted by molar-refractivity contribution is -0.189. The molecule has 0 aromatic rings. The molecular formula is C33H58O3. The van der Waals surface area contributed by atoms with E-state index in [0.717, 1.165) is 44.9 Å². The van der Waals surface area contributed by atoms with Gasteiger partial charge in [0.15, 0.2) is 0 Å². The minimum absolute atomic E-state index is 0.00279. The molecule has 1 N–H and O–H groups in total. The summed E-state index contributed by atoms with van der Waals surface area (Å²) in [4.78, 5) is 13.2. The second-order valence-corrected chi connectivity index (χ2v) is 13.6. The number of methoxy groups -OCH3 is 1. The van der Waals surface area contributed by atoms with Crippen LogP contribution in [-0.4, -0.2) is 24.3 Å². The van der Waals surface area contributed by atoms with Crippen LogP contribution >= 0.6 is 0 Å². The van der Waals surface area contributed by atoms with Gasteiger partial charge in [-0.1, -0.05) is 86.8 Å². The quantitative estimate of drug-likeness (QED) is 0.288. The van der Waals surface area contributed by atoms with Gasteiger partial charge in [0.1, 0.15) is 0 Å². The van der Waals surface area contributed by atoms with Crippen LogP contribution in [0.4, 0.5) is 0 Å². The third kappa shape index (κ3) is 4.13. The van der Waals surface area contributed by atoms with Gasteiger partial charge in [-0.05, 0) is 97.2 Å². The first-order valence-corrected chi connectivity index (χ1v) is 15.5. The molecule has 36 heavy (non-hydrogen) atoms. The van der Waals surface area contributed by atoms with Crippen molar-refractivity contribution in [2.24, 2.45) is 51.2 Å². The molecule has 5 rings (SSSR count). The van der Waals surface area contributed by atoms with E-state index in [9.17, 15) is 9.90 Å². The Morgan fingerprint density at radius 2 is 1.53 bits per heavy atom. The molecule has 5 aliphatic carbocycles. The number of ether oxygens (including phenoxy) is 1. The fourth-order valence-electron chi connectivity index (χ4n) is 10.6. The van der Waals surface area contributed by atoms with Crippen LogP contribution < -0.4 is 0 Å². The Kier molecular flexibility index (Phi) is 8.87. The van der Waals surface area contributed by atoms with Gasteiger partial charge in [0.05, 0.1) is 18.6 Å². The Morgan fingerprint density at radius 1 is 0.889 bits per heavy atom. The fourth-order valence-corrected chi connectivity index (χ4v) is 10.6. The molecule has 0 amide bonds. The van der Waals surface area contributed by atoms with E-state index in [0.29, 0.717) is 40.4 Å². The molecule has 9 unspecified atom stereocenters. The van der Waals surface area contributed by atoms with Crippen LogP contribution in [0.5, 0.6) is 0 Å². The Bertz CT molecular complexity index is 814. The van der Waals surface area contributed by atoms with Crippen molar-refractivity contribution >= 4 is 5.97 Å². The van der Waals surface area contributed by atoms with Crippen molar-refractivity contribution in [3.05, 3.63) is 11.6 Å². The van der Waals surface area contributed by atoms with Gasteiger partial charge in [0, 0.05) is 0 Å². The molecule has 3 nitrogen and oxygen atoms in total. The summed E-state index contributed by atoms with van der Waals surface area (Å²) in [6, 6.07) is 0. The highest BCUT2D eigenvalue weighted by atomic mass is 16.5. The van der Waals surface area contributed by atoms with Gasteiger partial charge in [-0.25, -0.2) is 0 Å². The van der Waals surface area contributed by atoms with Crippen LogP contribution in [0.1, 0.15) is 127 Å². The molecule has 4 saturated carbocycles. The van der Waals surface area contributed by atoms with E-state index in [-0.39, 0.29) is 22.9 Å². The topological polar surface area (TPSA) is 46.5 Å². The van der Waals surface area contributed by atoms with Gasteiger partial charge >= 0.3 is 5.97 Å². The summed E-state index contributed by atoms with van der Waals surface area (Å²) < 4.78 is 5.44. The maximum absolute atomic E-state index is 13.2. The number of aliphatic hydroxyl groups excluding tert-OH is 1. The second-order valence-electron chi connectivity index (χ2n) is 13.6.